The maximum atomic E-state index is 14.0. The Morgan fingerprint density at radius 1 is 1.03 bits per heavy atom. The number of anilines is 1. The number of likely N-dealkylation sites (tertiary alicyclic amines) is 1. The maximum Gasteiger partial charge on any atom is 0.272 e. The molecule has 180 valence electrons. The zero-order valence-corrected chi connectivity index (χ0v) is 19.8. The summed E-state index contributed by atoms with van der Waals surface area (Å²) < 4.78 is 15.7. The van der Waals surface area contributed by atoms with Crippen LogP contribution in [0.4, 0.5) is 10.2 Å². The molecule has 0 saturated carbocycles. The Morgan fingerprint density at radius 2 is 1.76 bits per heavy atom. The molecule has 0 radical (unpaired) electrons. The van der Waals surface area contributed by atoms with Crippen LogP contribution < -0.4 is 10.2 Å². The number of rotatable bonds is 5. The molecular formula is C26H33FN6O. The molecule has 4 heterocycles. The number of hydrogen-bond donors (Lipinski definition) is 1. The summed E-state index contributed by atoms with van der Waals surface area (Å²) in [6, 6.07) is 11.0. The highest BCUT2D eigenvalue weighted by Crippen LogP contribution is 2.24. The second-order valence-electron chi connectivity index (χ2n) is 9.53. The summed E-state index contributed by atoms with van der Waals surface area (Å²) in [5.74, 6) is 0.654. The van der Waals surface area contributed by atoms with Gasteiger partial charge in [0, 0.05) is 51.4 Å². The highest BCUT2D eigenvalue weighted by molar-refractivity contribution is 6.04. The lowest BCUT2D eigenvalue weighted by Gasteiger charge is -2.32. The maximum absolute atomic E-state index is 14.0. The fourth-order valence-corrected chi connectivity index (χ4v) is 5.12. The third kappa shape index (κ3) is 4.92. The van der Waals surface area contributed by atoms with E-state index in [4.69, 9.17) is 4.98 Å². The topological polar surface area (TPSA) is 66.3 Å². The highest BCUT2D eigenvalue weighted by atomic mass is 19.1. The van der Waals surface area contributed by atoms with Crippen molar-refractivity contribution in [1.82, 2.24) is 25.0 Å². The number of pyridine rings is 1. The summed E-state index contributed by atoms with van der Waals surface area (Å²) in [5.41, 5.74) is 1.89. The molecule has 3 aromatic rings. The molecule has 0 unspecified atom stereocenters. The van der Waals surface area contributed by atoms with Gasteiger partial charge in [-0.15, -0.1) is 0 Å². The number of nitrogens with zero attached hydrogens (tertiary/aromatic N) is 5. The van der Waals surface area contributed by atoms with E-state index in [1.54, 1.807) is 10.7 Å². The molecule has 1 N–H and O–H groups in total. The largest absolute Gasteiger partial charge is 0.357 e. The van der Waals surface area contributed by atoms with Crippen LogP contribution in [0.5, 0.6) is 0 Å². The van der Waals surface area contributed by atoms with Crippen molar-refractivity contribution in [2.75, 3.05) is 31.1 Å². The van der Waals surface area contributed by atoms with E-state index in [1.165, 1.54) is 31.7 Å². The van der Waals surface area contributed by atoms with Gasteiger partial charge in [0.05, 0.1) is 5.39 Å². The zero-order chi connectivity index (χ0) is 23.5. The van der Waals surface area contributed by atoms with Gasteiger partial charge in [-0.3, -0.25) is 9.69 Å². The summed E-state index contributed by atoms with van der Waals surface area (Å²) in [7, 11) is 1.85. The third-order valence-electron chi connectivity index (χ3n) is 7.09. The summed E-state index contributed by atoms with van der Waals surface area (Å²) in [6.45, 7) is 4.30. The minimum absolute atomic E-state index is 0.0887. The number of piperidine rings is 1. The predicted octanol–water partition coefficient (Wildman–Crippen LogP) is 3.88. The summed E-state index contributed by atoms with van der Waals surface area (Å²) >= 11 is 0. The van der Waals surface area contributed by atoms with Gasteiger partial charge in [0.15, 0.2) is 11.3 Å². The van der Waals surface area contributed by atoms with Crippen molar-refractivity contribution < 1.29 is 9.18 Å². The van der Waals surface area contributed by atoms with Gasteiger partial charge in [-0.2, -0.15) is 5.10 Å². The molecule has 5 rings (SSSR count). The lowest BCUT2D eigenvalue weighted by atomic mass is 10.0. The molecular weight excluding hydrogens is 431 g/mol. The molecule has 2 saturated heterocycles. The Bertz CT molecular complexity index is 1150. The summed E-state index contributed by atoms with van der Waals surface area (Å²) in [6.07, 6.45) is 6.61. The second-order valence-corrected chi connectivity index (χ2v) is 9.53. The van der Waals surface area contributed by atoms with Gasteiger partial charge in [-0.25, -0.2) is 14.1 Å². The SMILES string of the molecule is Cn1nc(C(=O)NC2CCN(Cc3ccccc3F)CC2)c2ccc(N3CCCCCC3)nc21. The van der Waals surface area contributed by atoms with Crippen molar-refractivity contribution in [1.29, 1.82) is 0 Å². The quantitative estimate of drug-likeness (QED) is 0.621. The fourth-order valence-electron chi connectivity index (χ4n) is 5.12. The monoisotopic (exact) mass is 464 g/mol. The molecule has 7 nitrogen and oxygen atoms in total. The second kappa shape index (κ2) is 10.1. The van der Waals surface area contributed by atoms with Gasteiger partial charge in [0.2, 0.25) is 0 Å². The molecule has 0 atom stereocenters. The Labute approximate surface area is 199 Å². The normalized spacial score (nSPS) is 18.2. The van der Waals surface area contributed by atoms with Crippen molar-refractivity contribution >= 4 is 22.8 Å². The first-order chi connectivity index (χ1) is 16.6. The number of aryl methyl sites for hydroxylation is 1. The minimum Gasteiger partial charge on any atom is -0.357 e. The van der Waals surface area contributed by atoms with E-state index in [1.807, 2.05) is 31.3 Å². The first-order valence-corrected chi connectivity index (χ1v) is 12.4. The van der Waals surface area contributed by atoms with Crippen LogP contribution in [0.15, 0.2) is 36.4 Å². The summed E-state index contributed by atoms with van der Waals surface area (Å²) in [5, 5.41) is 8.47. The Hall–Kier alpha value is -3.00. The van der Waals surface area contributed by atoms with Crippen molar-refractivity contribution in [2.45, 2.75) is 51.1 Å². The van der Waals surface area contributed by atoms with E-state index >= 15 is 0 Å². The van der Waals surface area contributed by atoms with Crippen LogP contribution in [0.1, 0.15) is 54.6 Å². The number of halogens is 1. The van der Waals surface area contributed by atoms with E-state index in [2.05, 4.69) is 20.2 Å². The zero-order valence-electron chi connectivity index (χ0n) is 19.8. The predicted molar refractivity (Wildman–Crippen MR) is 131 cm³/mol. The fraction of sp³-hybridized carbons (Fsp3) is 0.500. The summed E-state index contributed by atoms with van der Waals surface area (Å²) in [4.78, 5) is 22.5. The first kappa shape index (κ1) is 22.8. The number of aromatic nitrogens is 3. The van der Waals surface area contributed by atoms with Gasteiger partial charge >= 0.3 is 0 Å². The van der Waals surface area contributed by atoms with Crippen molar-refractivity contribution in [3.8, 4) is 0 Å². The molecule has 0 aliphatic carbocycles. The number of hydrogen-bond acceptors (Lipinski definition) is 5. The number of amides is 1. The highest BCUT2D eigenvalue weighted by Gasteiger charge is 2.25. The number of nitrogens with one attached hydrogen (secondary N) is 1. The molecule has 2 fully saturated rings. The van der Waals surface area contributed by atoms with Crippen molar-refractivity contribution in [3.05, 3.63) is 53.5 Å². The minimum atomic E-state index is -0.160. The van der Waals surface area contributed by atoms with Crippen LogP contribution in [-0.2, 0) is 13.6 Å². The number of benzene rings is 1. The number of carbonyl (C=O) groups is 1. The van der Waals surface area contributed by atoms with Gasteiger partial charge in [0.1, 0.15) is 11.6 Å². The Morgan fingerprint density at radius 3 is 2.50 bits per heavy atom. The Balaban J connectivity index is 1.22. The average Bonchev–Trinajstić information content (AvgIpc) is 3.01. The van der Waals surface area contributed by atoms with Crippen molar-refractivity contribution in [3.63, 3.8) is 0 Å². The molecule has 34 heavy (non-hydrogen) atoms. The van der Waals surface area contributed by atoms with Crippen LogP contribution in [-0.4, -0.2) is 57.8 Å². The lowest BCUT2D eigenvalue weighted by Crippen LogP contribution is -2.44. The van der Waals surface area contributed by atoms with E-state index in [0.717, 1.165) is 61.4 Å². The molecule has 2 aromatic heterocycles. The van der Waals surface area contributed by atoms with E-state index in [9.17, 15) is 9.18 Å². The molecule has 1 amide bonds. The molecule has 0 bridgehead atoms. The Kier molecular flexibility index (Phi) is 6.76. The van der Waals surface area contributed by atoms with E-state index in [0.29, 0.717) is 12.2 Å². The smallest absolute Gasteiger partial charge is 0.272 e. The van der Waals surface area contributed by atoms with E-state index in [-0.39, 0.29) is 17.8 Å². The van der Waals surface area contributed by atoms with Crippen LogP contribution in [0, 0.1) is 5.82 Å². The molecule has 8 heteroatoms. The van der Waals surface area contributed by atoms with Crippen LogP contribution in [0.25, 0.3) is 11.0 Å². The van der Waals surface area contributed by atoms with Crippen LogP contribution >= 0.6 is 0 Å². The van der Waals surface area contributed by atoms with Crippen LogP contribution in [0.2, 0.25) is 0 Å². The van der Waals surface area contributed by atoms with Gasteiger partial charge in [0.25, 0.3) is 5.91 Å². The first-order valence-electron chi connectivity index (χ1n) is 12.4. The van der Waals surface area contributed by atoms with Gasteiger partial charge < -0.3 is 10.2 Å². The molecule has 2 aliphatic heterocycles. The molecule has 0 spiro atoms. The van der Waals surface area contributed by atoms with Gasteiger partial charge in [-0.05, 0) is 43.9 Å². The number of carbonyl (C=O) groups excluding carboxylic acids is 1. The van der Waals surface area contributed by atoms with Crippen molar-refractivity contribution in [2.24, 2.45) is 7.05 Å². The van der Waals surface area contributed by atoms with Crippen LogP contribution in [0.3, 0.4) is 0 Å². The molecule has 1 aromatic carbocycles. The molecule has 2 aliphatic rings. The number of fused-ring (bicyclic) bond motifs is 1. The lowest BCUT2D eigenvalue weighted by molar-refractivity contribution is 0.0904. The van der Waals surface area contributed by atoms with E-state index < -0.39 is 0 Å². The van der Waals surface area contributed by atoms with Gasteiger partial charge in [-0.1, -0.05) is 31.0 Å². The third-order valence-corrected chi connectivity index (χ3v) is 7.09. The standard InChI is InChI=1S/C26H33FN6O/c1-31-25-21(10-11-23(29-25)33-14-6-2-3-7-15-33)24(30-31)26(34)28-20-12-16-32(17-13-20)18-19-8-4-5-9-22(19)27/h4-5,8-11,20H,2-3,6-7,12-18H2,1H3,(H,28,34). The average molecular weight is 465 g/mol.